The van der Waals surface area contributed by atoms with Crippen LogP contribution in [-0.4, -0.2) is 35.4 Å². The number of benzene rings is 3. The lowest BCUT2D eigenvalue weighted by molar-refractivity contribution is 0.451. The fraction of sp³-hybridized carbons (Fsp3) is 0.160. The van der Waals surface area contributed by atoms with E-state index in [9.17, 15) is 20.4 Å². The van der Waals surface area contributed by atoms with Crippen LogP contribution in [0.3, 0.4) is 0 Å². The Morgan fingerprint density at radius 1 is 0.531 bits per heavy atom. The van der Waals surface area contributed by atoms with E-state index < -0.39 is 0 Å². The molecule has 1 aromatic heterocycles. The molecule has 0 radical (unpaired) electrons. The van der Waals surface area contributed by atoms with E-state index in [0.29, 0.717) is 17.0 Å². The lowest BCUT2D eigenvalue weighted by Gasteiger charge is -2.16. The average Bonchev–Trinajstić information content (AvgIpc) is 2.78. The van der Waals surface area contributed by atoms with E-state index in [1.54, 1.807) is 0 Å². The van der Waals surface area contributed by atoms with E-state index in [1.807, 2.05) is 6.07 Å². The molecule has 0 atom stereocenters. The first-order chi connectivity index (χ1) is 15.5. The van der Waals surface area contributed by atoms with Gasteiger partial charge in [0.2, 0.25) is 0 Å². The Labute approximate surface area is 184 Å². The van der Waals surface area contributed by atoms with E-state index in [-0.39, 0.29) is 34.6 Å². The van der Waals surface area contributed by atoms with Crippen molar-refractivity contribution in [2.45, 2.75) is 25.7 Å². The summed E-state index contributed by atoms with van der Waals surface area (Å²) in [4.78, 5) is 13.6. The number of phenolic OH excluding ortho intramolecular Hbond substituents is 4. The Balaban J connectivity index is 1.71. The van der Waals surface area contributed by atoms with Gasteiger partial charge in [-0.15, -0.1) is 0 Å². The Morgan fingerprint density at radius 2 is 1.06 bits per heavy atom. The van der Waals surface area contributed by atoms with Crippen LogP contribution in [0.25, 0.3) is 34.2 Å². The van der Waals surface area contributed by atoms with E-state index in [2.05, 4.69) is 27.1 Å². The molecule has 0 unspecified atom stereocenters. The highest BCUT2D eigenvalue weighted by molar-refractivity contribution is 5.73. The van der Waals surface area contributed by atoms with Gasteiger partial charge < -0.3 is 20.4 Å². The molecule has 0 aliphatic heterocycles. The van der Waals surface area contributed by atoms with Crippen molar-refractivity contribution in [3.8, 4) is 57.2 Å². The molecule has 7 heteroatoms. The van der Waals surface area contributed by atoms with Crippen LogP contribution in [-0.2, 0) is 12.8 Å². The normalized spacial score (nSPS) is 13.0. The van der Waals surface area contributed by atoms with Crippen molar-refractivity contribution in [2.75, 3.05) is 0 Å². The lowest BCUT2D eigenvalue weighted by atomic mass is 9.90. The number of nitrogens with zero attached hydrogens (tertiary/aromatic N) is 3. The third-order valence-electron chi connectivity index (χ3n) is 5.69. The van der Waals surface area contributed by atoms with Crippen LogP contribution in [0.5, 0.6) is 23.0 Å². The fourth-order valence-corrected chi connectivity index (χ4v) is 4.04. The van der Waals surface area contributed by atoms with Gasteiger partial charge in [0.05, 0.1) is 11.1 Å². The molecule has 3 aromatic carbocycles. The Kier molecular flexibility index (Phi) is 4.86. The number of hydrogen-bond donors (Lipinski definition) is 4. The summed E-state index contributed by atoms with van der Waals surface area (Å²) in [6.07, 6.45) is 4.40. The van der Waals surface area contributed by atoms with E-state index in [4.69, 9.17) is 0 Å². The second-order valence-corrected chi connectivity index (χ2v) is 7.90. The number of hydrogen-bond acceptors (Lipinski definition) is 7. The van der Waals surface area contributed by atoms with Gasteiger partial charge in [0, 0.05) is 17.7 Å². The zero-order valence-electron chi connectivity index (χ0n) is 17.2. The number of aromatic hydroxyl groups is 4. The summed E-state index contributed by atoms with van der Waals surface area (Å²) < 4.78 is 0. The molecule has 0 saturated heterocycles. The SMILES string of the molecule is Oc1ccc(-c2nc(-c3ccc4c(c3)CCCC4)nc(-c3ccc(O)cc3O)n2)c(O)c1. The highest BCUT2D eigenvalue weighted by atomic mass is 16.3. The first-order valence-corrected chi connectivity index (χ1v) is 10.4. The molecular weight excluding hydrogens is 406 g/mol. The minimum atomic E-state index is -0.173. The lowest BCUT2D eigenvalue weighted by Crippen LogP contribution is -2.04. The Bertz CT molecular complexity index is 1270. The van der Waals surface area contributed by atoms with Crippen LogP contribution in [0, 0.1) is 0 Å². The molecule has 4 aromatic rings. The zero-order chi connectivity index (χ0) is 22.2. The summed E-state index contributed by atoms with van der Waals surface area (Å²) in [5.74, 6) is 0.305. The molecule has 0 spiro atoms. The van der Waals surface area contributed by atoms with Crippen molar-refractivity contribution in [1.82, 2.24) is 15.0 Å². The molecule has 0 saturated carbocycles. The highest BCUT2D eigenvalue weighted by Gasteiger charge is 2.18. The van der Waals surface area contributed by atoms with Gasteiger partial charge in [-0.1, -0.05) is 12.1 Å². The Hall–Kier alpha value is -4.13. The predicted octanol–water partition coefficient (Wildman–Crippen LogP) is 4.57. The zero-order valence-corrected chi connectivity index (χ0v) is 17.2. The maximum Gasteiger partial charge on any atom is 0.167 e. The Morgan fingerprint density at radius 3 is 1.62 bits per heavy atom. The molecule has 0 bridgehead atoms. The van der Waals surface area contributed by atoms with Crippen LogP contribution in [0.15, 0.2) is 54.6 Å². The second kappa shape index (κ2) is 7.85. The molecule has 0 fully saturated rings. The molecule has 5 rings (SSSR count). The van der Waals surface area contributed by atoms with Gasteiger partial charge in [0.1, 0.15) is 23.0 Å². The predicted molar refractivity (Wildman–Crippen MR) is 119 cm³/mol. The number of rotatable bonds is 3. The van der Waals surface area contributed by atoms with Gasteiger partial charge >= 0.3 is 0 Å². The van der Waals surface area contributed by atoms with Crippen molar-refractivity contribution in [3.63, 3.8) is 0 Å². The first-order valence-electron chi connectivity index (χ1n) is 10.4. The van der Waals surface area contributed by atoms with Gasteiger partial charge in [0.25, 0.3) is 0 Å². The largest absolute Gasteiger partial charge is 0.508 e. The van der Waals surface area contributed by atoms with Gasteiger partial charge in [-0.25, -0.2) is 15.0 Å². The minimum Gasteiger partial charge on any atom is -0.508 e. The van der Waals surface area contributed by atoms with Crippen molar-refractivity contribution in [3.05, 3.63) is 65.7 Å². The summed E-state index contributed by atoms with van der Waals surface area (Å²) in [5.41, 5.74) is 4.07. The van der Waals surface area contributed by atoms with Crippen LogP contribution in [0.2, 0.25) is 0 Å². The van der Waals surface area contributed by atoms with Crippen molar-refractivity contribution in [2.24, 2.45) is 0 Å². The maximum absolute atomic E-state index is 10.4. The molecule has 32 heavy (non-hydrogen) atoms. The van der Waals surface area contributed by atoms with Crippen molar-refractivity contribution >= 4 is 0 Å². The molecule has 7 nitrogen and oxygen atoms in total. The minimum absolute atomic E-state index is 0.0772. The van der Waals surface area contributed by atoms with Crippen LogP contribution in [0.4, 0.5) is 0 Å². The highest BCUT2D eigenvalue weighted by Crippen LogP contribution is 2.35. The summed E-state index contributed by atoms with van der Waals surface area (Å²) in [6, 6.07) is 14.5. The fourth-order valence-electron chi connectivity index (χ4n) is 4.04. The monoisotopic (exact) mass is 427 g/mol. The van der Waals surface area contributed by atoms with Crippen LogP contribution >= 0.6 is 0 Å². The van der Waals surface area contributed by atoms with E-state index in [1.165, 1.54) is 53.9 Å². The van der Waals surface area contributed by atoms with Crippen molar-refractivity contribution < 1.29 is 20.4 Å². The molecule has 1 aliphatic carbocycles. The molecule has 0 amide bonds. The smallest absolute Gasteiger partial charge is 0.167 e. The molecule has 4 N–H and O–H groups in total. The molecular formula is C25H21N3O4. The number of aromatic nitrogens is 3. The summed E-state index contributed by atoms with van der Waals surface area (Å²) >= 11 is 0. The van der Waals surface area contributed by atoms with Crippen LogP contribution < -0.4 is 0 Å². The number of phenols is 4. The van der Waals surface area contributed by atoms with Gasteiger partial charge in [0.15, 0.2) is 17.5 Å². The molecule has 160 valence electrons. The number of fused-ring (bicyclic) bond motifs is 1. The molecule has 1 aliphatic rings. The molecule has 1 heterocycles. The quantitative estimate of drug-likeness (QED) is 0.378. The van der Waals surface area contributed by atoms with Gasteiger partial charge in [-0.3, -0.25) is 0 Å². The van der Waals surface area contributed by atoms with Crippen molar-refractivity contribution in [1.29, 1.82) is 0 Å². The second-order valence-electron chi connectivity index (χ2n) is 7.90. The summed E-state index contributed by atoms with van der Waals surface area (Å²) in [6.45, 7) is 0. The maximum atomic E-state index is 10.4. The van der Waals surface area contributed by atoms with Gasteiger partial charge in [-0.2, -0.15) is 0 Å². The summed E-state index contributed by atoms with van der Waals surface area (Å²) in [5, 5.41) is 40.1. The first kappa shape index (κ1) is 19.8. The number of aryl methyl sites for hydroxylation is 2. The van der Waals surface area contributed by atoms with E-state index in [0.717, 1.165) is 24.8 Å². The topological polar surface area (TPSA) is 120 Å². The van der Waals surface area contributed by atoms with E-state index >= 15 is 0 Å². The van der Waals surface area contributed by atoms with Crippen LogP contribution in [0.1, 0.15) is 24.0 Å². The third kappa shape index (κ3) is 3.69. The average molecular weight is 427 g/mol. The third-order valence-corrected chi connectivity index (χ3v) is 5.69. The van der Waals surface area contributed by atoms with Gasteiger partial charge in [-0.05, 0) is 67.1 Å². The summed E-state index contributed by atoms with van der Waals surface area (Å²) in [7, 11) is 0. The standard InChI is InChI=1S/C25H21N3O4/c29-17-7-9-19(21(31)12-17)24-26-23(16-6-5-14-3-1-2-4-15(14)11-16)27-25(28-24)20-10-8-18(30)13-22(20)32/h5-13,29-32H,1-4H2.